The smallest absolute Gasteiger partial charge is 0.266 e. The van der Waals surface area contributed by atoms with E-state index in [1.165, 1.54) is 31.9 Å². The van der Waals surface area contributed by atoms with Crippen molar-refractivity contribution < 1.29 is 17.9 Å². The van der Waals surface area contributed by atoms with Crippen LogP contribution in [0, 0.1) is 5.41 Å². The van der Waals surface area contributed by atoms with Gasteiger partial charge in [-0.05, 0) is 42.3 Å². The second-order valence-electron chi connectivity index (χ2n) is 9.24. The highest BCUT2D eigenvalue weighted by molar-refractivity contribution is 7.99. The summed E-state index contributed by atoms with van der Waals surface area (Å²) in [4.78, 5) is 6.15. The van der Waals surface area contributed by atoms with Crippen molar-refractivity contribution in [1.82, 2.24) is 9.21 Å². The number of nitrogens with zero attached hydrogens (tertiary/aromatic N) is 3. The van der Waals surface area contributed by atoms with E-state index in [0.29, 0.717) is 22.7 Å². The van der Waals surface area contributed by atoms with E-state index >= 15 is 0 Å². The Bertz CT molecular complexity index is 1470. The molecule has 0 aromatic heterocycles. The summed E-state index contributed by atoms with van der Waals surface area (Å²) in [6.07, 6.45) is 1.68. The quantitative estimate of drug-likeness (QED) is 0.160. The number of ether oxygens (including phenoxy) is 2. The second-order valence-corrected chi connectivity index (χ2v) is 11.9. The van der Waals surface area contributed by atoms with Gasteiger partial charge in [-0.3, -0.25) is 10.3 Å². The van der Waals surface area contributed by atoms with Gasteiger partial charge in [0.15, 0.2) is 5.17 Å². The van der Waals surface area contributed by atoms with Crippen LogP contribution in [0.25, 0.3) is 0 Å². The highest BCUT2D eigenvalue weighted by Crippen LogP contribution is 2.32. The average Bonchev–Trinajstić information content (AvgIpc) is 3.39. The molecule has 1 aliphatic heterocycles. The summed E-state index contributed by atoms with van der Waals surface area (Å²) in [5.41, 5.74) is 2.49. The van der Waals surface area contributed by atoms with Gasteiger partial charge >= 0.3 is 0 Å². The van der Waals surface area contributed by atoms with Crippen LogP contribution in [0.3, 0.4) is 0 Å². The number of amidine groups is 1. The molecule has 12 heteroatoms. The minimum Gasteiger partial charge on any atom is -0.497 e. The van der Waals surface area contributed by atoms with Crippen LogP contribution in [0.1, 0.15) is 17.5 Å². The van der Waals surface area contributed by atoms with Crippen LogP contribution in [0.4, 0.5) is 5.69 Å². The lowest BCUT2D eigenvalue weighted by atomic mass is 10.2. The number of hydrogen-bond donors (Lipinski definition) is 3. The Morgan fingerprint density at radius 2 is 1.95 bits per heavy atom. The molecular formula is C28H32ClN5O4S2. The van der Waals surface area contributed by atoms with E-state index in [-0.39, 0.29) is 27.7 Å². The second kappa shape index (κ2) is 13.4. The Hall–Kier alpha value is -3.25. The number of hydrogen-bond acceptors (Lipinski definition) is 7. The normalized spacial score (nSPS) is 16.0. The maximum absolute atomic E-state index is 13.8. The third kappa shape index (κ3) is 7.08. The zero-order valence-corrected chi connectivity index (χ0v) is 24.7. The van der Waals surface area contributed by atoms with E-state index in [2.05, 4.69) is 40.0 Å². The van der Waals surface area contributed by atoms with Gasteiger partial charge in [-0.15, -0.1) is 12.6 Å². The molecule has 1 heterocycles. The van der Waals surface area contributed by atoms with E-state index in [1.807, 2.05) is 18.2 Å². The molecule has 0 spiro atoms. The van der Waals surface area contributed by atoms with Crippen LogP contribution in [0.5, 0.6) is 11.5 Å². The molecular weight excluding hydrogens is 570 g/mol. The summed E-state index contributed by atoms with van der Waals surface area (Å²) in [5.74, 6) is 1.00. The average molecular weight is 602 g/mol. The van der Waals surface area contributed by atoms with Gasteiger partial charge in [0.05, 0.1) is 36.4 Å². The van der Waals surface area contributed by atoms with Crippen molar-refractivity contribution in [3.05, 3.63) is 82.9 Å². The predicted molar refractivity (Wildman–Crippen MR) is 163 cm³/mol. The van der Waals surface area contributed by atoms with E-state index in [4.69, 9.17) is 26.5 Å². The molecule has 2 N–H and O–H groups in total. The Morgan fingerprint density at radius 1 is 1.18 bits per heavy atom. The van der Waals surface area contributed by atoms with E-state index in [0.717, 1.165) is 36.7 Å². The van der Waals surface area contributed by atoms with Crippen molar-refractivity contribution >= 4 is 51.4 Å². The Balaban J connectivity index is 1.52. The van der Waals surface area contributed by atoms with Gasteiger partial charge in [-0.2, -0.15) is 0 Å². The van der Waals surface area contributed by atoms with Crippen molar-refractivity contribution in [2.24, 2.45) is 4.99 Å². The molecule has 0 radical (unpaired) electrons. The lowest BCUT2D eigenvalue weighted by Crippen LogP contribution is -2.34. The molecule has 0 saturated carbocycles. The molecule has 3 aromatic carbocycles. The minimum atomic E-state index is -4.16. The largest absolute Gasteiger partial charge is 0.497 e. The van der Waals surface area contributed by atoms with Gasteiger partial charge in [-0.25, -0.2) is 17.7 Å². The van der Waals surface area contributed by atoms with Crippen LogP contribution in [-0.2, 0) is 23.1 Å². The molecule has 9 nitrogen and oxygen atoms in total. The SMILES string of the molecule is COc1ccc(CN(/C(S)=N/C=N)S(=O)(=O)c2ccc(N[C@H]3CCN(Cc4ccccc4)C3)c(Cl)c2)c(OC)c1. The molecule has 0 aliphatic carbocycles. The summed E-state index contributed by atoms with van der Waals surface area (Å²) in [6, 6.07) is 20.2. The third-order valence-corrected chi connectivity index (χ3v) is 9.16. The fraction of sp³-hybridized carbons (Fsp3) is 0.286. The molecule has 0 bridgehead atoms. The van der Waals surface area contributed by atoms with Crippen molar-refractivity contribution in [3.8, 4) is 11.5 Å². The molecule has 212 valence electrons. The third-order valence-electron chi connectivity index (χ3n) is 6.62. The Kier molecular flexibility index (Phi) is 9.96. The molecule has 0 unspecified atom stereocenters. The number of sulfonamides is 1. The van der Waals surface area contributed by atoms with Crippen molar-refractivity contribution in [2.45, 2.75) is 30.4 Å². The predicted octanol–water partition coefficient (Wildman–Crippen LogP) is 5.13. The molecule has 1 saturated heterocycles. The summed E-state index contributed by atoms with van der Waals surface area (Å²) < 4.78 is 39.2. The Labute approximate surface area is 245 Å². The number of benzene rings is 3. The van der Waals surface area contributed by atoms with Gasteiger partial charge in [-0.1, -0.05) is 41.9 Å². The standard InChI is InChI=1S/C28H32ClN5O4S2/c1-37-23-9-8-21(27(14-23)38-2)17-34(28(39)31-19-30)40(35,36)24-10-11-26(25(29)15-24)32-22-12-13-33(18-22)16-20-6-4-3-5-7-20/h3-11,14-15,19,22,32H,12-13,16-18H2,1-2H3,(H2,30,31,39)/t22-/m0/s1. The minimum absolute atomic E-state index is 0.0283. The number of methoxy groups -OCH3 is 2. The number of rotatable bonds is 11. The van der Waals surface area contributed by atoms with Crippen molar-refractivity contribution in [3.63, 3.8) is 0 Å². The first-order chi connectivity index (χ1) is 19.2. The van der Waals surface area contributed by atoms with E-state index in [1.54, 1.807) is 24.3 Å². The van der Waals surface area contributed by atoms with Crippen LogP contribution in [0.15, 0.2) is 76.6 Å². The lowest BCUT2D eigenvalue weighted by Gasteiger charge is -2.24. The zero-order valence-electron chi connectivity index (χ0n) is 22.2. The lowest BCUT2D eigenvalue weighted by molar-refractivity contribution is 0.328. The molecule has 1 atom stereocenters. The molecule has 4 rings (SSSR count). The topological polar surface area (TPSA) is 107 Å². The number of halogens is 1. The first-order valence-corrected chi connectivity index (χ1v) is 14.8. The van der Waals surface area contributed by atoms with Gasteiger partial charge in [0.25, 0.3) is 10.0 Å². The first-order valence-electron chi connectivity index (χ1n) is 12.6. The fourth-order valence-electron chi connectivity index (χ4n) is 4.58. The number of nitrogens with one attached hydrogen (secondary N) is 2. The van der Waals surface area contributed by atoms with Gasteiger partial charge in [0.1, 0.15) is 17.8 Å². The van der Waals surface area contributed by atoms with E-state index in [9.17, 15) is 8.42 Å². The number of thiol groups is 1. The van der Waals surface area contributed by atoms with Gasteiger partial charge in [0.2, 0.25) is 0 Å². The summed E-state index contributed by atoms with van der Waals surface area (Å²) in [7, 11) is -1.14. The monoisotopic (exact) mass is 601 g/mol. The molecule has 1 fully saturated rings. The van der Waals surface area contributed by atoms with E-state index < -0.39 is 10.0 Å². The summed E-state index contributed by atoms with van der Waals surface area (Å²) >= 11 is 10.9. The summed E-state index contributed by atoms with van der Waals surface area (Å²) in [6.45, 7) is 2.55. The van der Waals surface area contributed by atoms with Crippen molar-refractivity contribution in [1.29, 1.82) is 5.41 Å². The molecule has 1 aliphatic rings. The zero-order chi connectivity index (χ0) is 28.7. The van der Waals surface area contributed by atoms with Crippen molar-refractivity contribution in [2.75, 3.05) is 32.6 Å². The van der Waals surface area contributed by atoms with Crippen LogP contribution in [-0.4, -0.2) is 62.5 Å². The number of anilines is 1. The van der Waals surface area contributed by atoms with Gasteiger partial charge < -0.3 is 14.8 Å². The highest BCUT2D eigenvalue weighted by atomic mass is 35.5. The first kappa shape index (κ1) is 29.7. The fourth-order valence-corrected chi connectivity index (χ4v) is 6.66. The van der Waals surface area contributed by atoms with Crippen LogP contribution >= 0.6 is 24.2 Å². The Morgan fingerprint density at radius 3 is 2.62 bits per heavy atom. The molecule has 3 aromatic rings. The number of aliphatic imine (C=N–C) groups is 1. The van der Waals surface area contributed by atoms with Gasteiger partial charge in [0, 0.05) is 37.3 Å². The summed E-state index contributed by atoms with van der Waals surface area (Å²) in [5, 5.41) is 10.9. The maximum atomic E-state index is 13.8. The van der Waals surface area contributed by atoms with Crippen LogP contribution in [0.2, 0.25) is 5.02 Å². The maximum Gasteiger partial charge on any atom is 0.266 e. The molecule has 0 amide bonds. The highest BCUT2D eigenvalue weighted by Gasteiger charge is 2.29. The molecule has 40 heavy (non-hydrogen) atoms. The number of likely N-dealkylation sites (tertiary alicyclic amines) is 1. The van der Waals surface area contributed by atoms with Crippen LogP contribution < -0.4 is 14.8 Å².